The predicted molar refractivity (Wildman–Crippen MR) is 118 cm³/mol. The maximum atomic E-state index is 12.3. The molecule has 0 saturated heterocycles. The van der Waals surface area contributed by atoms with Crippen LogP contribution in [0.15, 0.2) is 78.9 Å². The van der Waals surface area contributed by atoms with Crippen LogP contribution in [-0.4, -0.2) is 18.5 Å². The molecule has 0 fully saturated rings. The lowest BCUT2D eigenvalue weighted by atomic mass is 9.88. The van der Waals surface area contributed by atoms with Crippen molar-refractivity contribution in [1.82, 2.24) is 5.32 Å². The number of esters is 1. The summed E-state index contributed by atoms with van der Waals surface area (Å²) in [6.07, 6.45) is 2.95. The van der Waals surface area contributed by atoms with Crippen LogP contribution < -0.4 is 10.1 Å². The average molecular weight is 415 g/mol. The van der Waals surface area contributed by atoms with Crippen LogP contribution in [0.3, 0.4) is 0 Å². The summed E-state index contributed by atoms with van der Waals surface area (Å²) in [4.78, 5) is 24.6. The van der Waals surface area contributed by atoms with E-state index in [4.69, 9.17) is 9.47 Å². The van der Waals surface area contributed by atoms with Gasteiger partial charge in [-0.15, -0.1) is 0 Å². The number of aryl methyl sites for hydroxylation is 1. The summed E-state index contributed by atoms with van der Waals surface area (Å²) >= 11 is 0. The fourth-order valence-electron chi connectivity index (χ4n) is 3.78. The molecule has 1 N–H and O–H groups in total. The van der Waals surface area contributed by atoms with Gasteiger partial charge < -0.3 is 14.8 Å². The highest BCUT2D eigenvalue weighted by atomic mass is 16.5. The molecule has 5 heteroatoms. The number of hydrogen-bond acceptors (Lipinski definition) is 4. The van der Waals surface area contributed by atoms with Gasteiger partial charge in [-0.3, -0.25) is 4.79 Å². The molecule has 0 saturated carbocycles. The Labute approximate surface area is 182 Å². The molecule has 0 radical (unpaired) electrons. The Morgan fingerprint density at radius 3 is 2.45 bits per heavy atom. The Balaban J connectivity index is 1.25. The number of amides is 1. The van der Waals surface area contributed by atoms with Crippen molar-refractivity contribution < 1.29 is 19.1 Å². The first kappa shape index (κ1) is 20.7. The largest absolute Gasteiger partial charge is 0.489 e. The highest BCUT2D eigenvalue weighted by Gasteiger charge is 2.22. The summed E-state index contributed by atoms with van der Waals surface area (Å²) in [5, 5.41) is 2.99. The van der Waals surface area contributed by atoms with Crippen molar-refractivity contribution in [3.63, 3.8) is 0 Å². The summed E-state index contributed by atoms with van der Waals surface area (Å²) in [5.41, 5.74) is 3.87. The quantitative estimate of drug-likeness (QED) is 0.572. The number of fused-ring (bicyclic) bond motifs is 1. The molecule has 0 heterocycles. The number of hydrogen-bond donors (Lipinski definition) is 1. The van der Waals surface area contributed by atoms with Gasteiger partial charge in [0.25, 0.3) is 5.91 Å². The maximum Gasteiger partial charge on any atom is 0.338 e. The second-order valence-corrected chi connectivity index (χ2v) is 7.59. The molecule has 3 aromatic rings. The number of carbonyl (C=O) groups excluding carboxylic acids is 2. The van der Waals surface area contributed by atoms with Gasteiger partial charge in [0.05, 0.1) is 11.6 Å². The highest BCUT2D eigenvalue weighted by molar-refractivity contribution is 5.91. The van der Waals surface area contributed by atoms with Crippen molar-refractivity contribution in [2.75, 3.05) is 6.61 Å². The number of rotatable bonds is 7. The van der Waals surface area contributed by atoms with Crippen molar-refractivity contribution in [2.45, 2.75) is 31.9 Å². The molecule has 158 valence electrons. The fraction of sp³-hybridized carbons (Fsp3) is 0.231. The van der Waals surface area contributed by atoms with Gasteiger partial charge in [-0.1, -0.05) is 54.6 Å². The van der Waals surface area contributed by atoms with E-state index in [1.165, 1.54) is 5.56 Å². The third-order valence-corrected chi connectivity index (χ3v) is 5.38. The summed E-state index contributed by atoms with van der Waals surface area (Å²) in [5.74, 6) is -0.166. The molecule has 3 aromatic carbocycles. The first-order valence-electron chi connectivity index (χ1n) is 10.5. The molecular formula is C26H25NO4. The second kappa shape index (κ2) is 9.94. The Morgan fingerprint density at radius 2 is 1.65 bits per heavy atom. The minimum absolute atomic E-state index is 0.0304. The Bertz CT molecular complexity index is 1030. The third kappa shape index (κ3) is 5.51. The molecule has 4 rings (SSSR count). The number of benzene rings is 3. The van der Waals surface area contributed by atoms with Gasteiger partial charge in [0.1, 0.15) is 12.4 Å². The van der Waals surface area contributed by atoms with E-state index in [1.54, 1.807) is 24.3 Å². The van der Waals surface area contributed by atoms with E-state index in [0.717, 1.165) is 30.4 Å². The van der Waals surface area contributed by atoms with Gasteiger partial charge >= 0.3 is 5.97 Å². The van der Waals surface area contributed by atoms with E-state index >= 15 is 0 Å². The molecule has 1 aliphatic carbocycles. The van der Waals surface area contributed by atoms with Crippen LogP contribution in [0.2, 0.25) is 0 Å². The molecule has 0 spiro atoms. The SMILES string of the molecule is O=C(COC(=O)c1ccc(OCc2ccccc2)cc1)N[C@@H]1CCCc2ccccc21. The molecule has 0 bridgehead atoms. The highest BCUT2D eigenvalue weighted by Crippen LogP contribution is 2.29. The summed E-state index contributed by atoms with van der Waals surface area (Å²) in [6, 6.07) is 24.7. The Kier molecular flexibility index (Phi) is 6.62. The van der Waals surface area contributed by atoms with Gasteiger partial charge in [0, 0.05) is 0 Å². The van der Waals surface area contributed by atoms with Crippen LogP contribution in [0, 0.1) is 0 Å². The van der Waals surface area contributed by atoms with Crippen molar-refractivity contribution in [1.29, 1.82) is 0 Å². The summed E-state index contributed by atoms with van der Waals surface area (Å²) in [6.45, 7) is 0.152. The van der Waals surface area contributed by atoms with Crippen molar-refractivity contribution in [3.05, 3.63) is 101 Å². The van der Waals surface area contributed by atoms with Gasteiger partial charge in [0.15, 0.2) is 6.61 Å². The normalized spacial score (nSPS) is 14.9. The smallest absolute Gasteiger partial charge is 0.338 e. The standard InChI is InChI=1S/C26H25NO4/c28-25(27-24-12-6-10-20-9-4-5-11-23(20)24)18-31-26(29)21-13-15-22(16-14-21)30-17-19-7-2-1-3-8-19/h1-5,7-9,11,13-16,24H,6,10,12,17-18H2,(H,27,28)/t24-/m1/s1. The van der Waals surface area contributed by atoms with Crippen LogP contribution in [-0.2, 0) is 22.6 Å². The number of ether oxygens (including phenoxy) is 2. The van der Waals surface area contributed by atoms with Crippen LogP contribution in [0.25, 0.3) is 0 Å². The van der Waals surface area contributed by atoms with Gasteiger partial charge in [-0.25, -0.2) is 4.79 Å². The van der Waals surface area contributed by atoms with Crippen LogP contribution in [0.5, 0.6) is 5.75 Å². The molecule has 1 atom stereocenters. The molecular weight excluding hydrogens is 390 g/mol. The lowest BCUT2D eigenvalue weighted by Crippen LogP contribution is -2.34. The molecule has 1 aliphatic rings. The van der Waals surface area contributed by atoms with Crippen molar-refractivity contribution in [3.8, 4) is 5.75 Å². The first-order chi connectivity index (χ1) is 15.2. The zero-order valence-electron chi connectivity index (χ0n) is 17.3. The maximum absolute atomic E-state index is 12.3. The van der Waals surface area contributed by atoms with E-state index in [2.05, 4.69) is 11.4 Å². The van der Waals surface area contributed by atoms with Gasteiger partial charge in [-0.05, 0) is 60.2 Å². The molecule has 1 amide bonds. The van der Waals surface area contributed by atoms with E-state index in [-0.39, 0.29) is 18.6 Å². The topological polar surface area (TPSA) is 64.6 Å². The van der Waals surface area contributed by atoms with E-state index in [9.17, 15) is 9.59 Å². The fourth-order valence-corrected chi connectivity index (χ4v) is 3.78. The lowest BCUT2D eigenvalue weighted by Gasteiger charge is -2.26. The monoisotopic (exact) mass is 415 g/mol. The van der Waals surface area contributed by atoms with E-state index in [0.29, 0.717) is 17.9 Å². The van der Waals surface area contributed by atoms with Gasteiger partial charge in [0.2, 0.25) is 0 Å². The van der Waals surface area contributed by atoms with E-state index < -0.39 is 5.97 Å². The van der Waals surface area contributed by atoms with Crippen LogP contribution >= 0.6 is 0 Å². The van der Waals surface area contributed by atoms with E-state index in [1.807, 2.05) is 48.5 Å². The number of carbonyl (C=O) groups is 2. The lowest BCUT2D eigenvalue weighted by molar-refractivity contribution is -0.125. The number of nitrogens with one attached hydrogen (secondary N) is 1. The summed E-state index contributed by atoms with van der Waals surface area (Å²) in [7, 11) is 0. The Hall–Kier alpha value is -3.60. The molecule has 0 unspecified atom stereocenters. The first-order valence-corrected chi connectivity index (χ1v) is 10.5. The molecule has 31 heavy (non-hydrogen) atoms. The van der Waals surface area contributed by atoms with Crippen LogP contribution in [0.1, 0.15) is 45.9 Å². The van der Waals surface area contributed by atoms with Gasteiger partial charge in [-0.2, -0.15) is 0 Å². The molecule has 5 nitrogen and oxygen atoms in total. The predicted octanol–water partition coefficient (Wildman–Crippen LogP) is 4.62. The minimum Gasteiger partial charge on any atom is -0.489 e. The molecule has 0 aromatic heterocycles. The third-order valence-electron chi connectivity index (χ3n) is 5.38. The summed E-state index contributed by atoms with van der Waals surface area (Å²) < 4.78 is 10.9. The van der Waals surface area contributed by atoms with Crippen LogP contribution in [0.4, 0.5) is 0 Å². The Morgan fingerprint density at radius 1 is 0.903 bits per heavy atom. The zero-order chi connectivity index (χ0) is 21.5. The average Bonchev–Trinajstić information content (AvgIpc) is 2.82. The van der Waals surface area contributed by atoms with Crippen molar-refractivity contribution >= 4 is 11.9 Å². The van der Waals surface area contributed by atoms with Crippen molar-refractivity contribution in [2.24, 2.45) is 0 Å². The minimum atomic E-state index is -0.534. The zero-order valence-corrected chi connectivity index (χ0v) is 17.3. The second-order valence-electron chi connectivity index (χ2n) is 7.59. The molecule has 0 aliphatic heterocycles.